The molecule has 2 aliphatic rings. The number of benzene rings is 1. The van der Waals surface area contributed by atoms with Gasteiger partial charge in [0.05, 0.1) is 23.1 Å². The van der Waals surface area contributed by atoms with Crippen LogP contribution in [0.1, 0.15) is 44.6 Å². The van der Waals surface area contributed by atoms with Gasteiger partial charge in [0.25, 0.3) is 5.91 Å². The lowest BCUT2D eigenvalue weighted by Crippen LogP contribution is -2.37. The van der Waals surface area contributed by atoms with Crippen LogP contribution in [0.2, 0.25) is 5.02 Å². The number of amides is 1. The van der Waals surface area contributed by atoms with Crippen molar-refractivity contribution in [3.8, 4) is 5.75 Å². The normalized spacial score (nSPS) is 17.6. The highest BCUT2D eigenvalue weighted by molar-refractivity contribution is 6.30. The number of dihydropyridines is 1. The molecule has 1 aromatic rings. The molecule has 3 rings (SSSR count). The molecule has 226 valence electrons. The monoisotopic (exact) mass is 603 g/mol. The molecule has 0 radical (unpaired) electrons. The van der Waals surface area contributed by atoms with E-state index in [1.165, 1.54) is 24.4 Å². The number of halogens is 3. The zero-order valence-corrected chi connectivity index (χ0v) is 24.1. The standard InChI is InChI=1S/C29H36ClF2N7O3/c1-18(40)6-3-5-13-39-14-10-20(11-15-39)37-17-23(26(33)21-16-19(30)8-9-24(21)42-29(31)32)38-28(41)25(27(34)35)22-7-2-4-12-36-22/h2,4,7-9,12,16-17,20,29,36H,3,5-6,10-11,13-15,33H2,1H3,(H3,34,35)(H,38,41)/b25-22+,26-23?,37-17?. The van der Waals surface area contributed by atoms with Crippen LogP contribution >= 0.6 is 11.6 Å². The Labute approximate surface area is 248 Å². The Hall–Kier alpha value is -4.03. The molecule has 0 aliphatic carbocycles. The van der Waals surface area contributed by atoms with E-state index in [0.29, 0.717) is 6.42 Å². The number of amidine groups is 1. The predicted octanol–water partition coefficient (Wildman–Crippen LogP) is 3.84. The first kappa shape index (κ1) is 32.5. The Bertz CT molecular complexity index is 1320. The minimum Gasteiger partial charge on any atom is -0.434 e. The van der Waals surface area contributed by atoms with Gasteiger partial charge in [-0.3, -0.25) is 15.2 Å². The summed E-state index contributed by atoms with van der Waals surface area (Å²) in [7, 11) is 0. The van der Waals surface area contributed by atoms with Gasteiger partial charge < -0.3 is 36.5 Å². The minimum atomic E-state index is -3.12. The van der Waals surface area contributed by atoms with E-state index in [0.717, 1.165) is 45.3 Å². The number of likely N-dealkylation sites (tertiary alicyclic amines) is 1. The highest BCUT2D eigenvalue weighted by Gasteiger charge is 2.23. The van der Waals surface area contributed by atoms with Crippen molar-refractivity contribution in [3.63, 3.8) is 0 Å². The largest absolute Gasteiger partial charge is 0.434 e. The van der Waals surface area contributed by atoms with Gasteiger partial charge in [0.2, 0.25) is 0 Å². The van der Waals surface area contributed by atoms with Crippen molar-refractivity contribution < 1.29 is 23.1 Å². The average molecular weight is 604 g/mol. The second-order valence-electron chi connectivity index (χ2n) is 9.88. The van der Waals surface area contributed by atoms with E-state index in [-0.39, 0.29) is 50.8 Å². The first-order valence-electron chi connectivity index (χ1n) is 13.5. The van der Waals surface area contributed by atoms with Gasteiger partial charge in [-0.15, -0.1) is 0 Å². The van der Waals surface area contributed by atoms with Crippen LogP contribution in [0.3, 0.4) is 0 Å². The number of aliphatic imine (C=N–C) groups is 1. The van der Waals surface area contributed by atoms with Gasteiger partial charge in [-0.05, 0) is 69.5 Å². The van der Waals surface area contributed by atoms with Gasteiger partial charge in [0.15, 0.2) is 0 Å². The quantitative estimate of drug-likeness (QED) is 0.0991. The fraction of sp³-hybridized carbons (Fsp3) is 0.379. The zero-order valence-electron chi connectivity index (χ0n) is 23.3. The van der Waals surface area contributed by atoms with Crippen LogP contribution in [0.4, 0.5) is 8.78 Å². The van der Waals surface area contributed by atoms with E-state index >= 15 is 0 Å². The fourth-order valence-corrected chi connectivity index (χ4v) is 4.70. The van der Waals surface area contributed by atoms with Gasteiger partial charge in [0.1, 0.15) is 22.9 Å². The van der Waals surface area contributed by atoms with Crippen LogP contribution in [0.15, 0.2) is 64.6 Å². The molecule has 1 fully saturated rings. The number of alkyl halides is 2. The Morgan fingerprint density at radius 2 is 2.00 bits per heavy atom. The van der Waals surface area contributed by atoms with Crippen LogP contribution in [-0.4, -0.2) is 60.9 Å². The van der Waals surface area contributed by atoms with Crippen LogP contribution in [0.25, 0.3) is 5.70 Å². The number of Topliss-reactive ketones (excluding diaryl/α,β-unsaturated/α-hetero) is 1. The van der Waals surface area contributed by atoms with Gasteiger partial charge >= 0.3 is 6.61 Å². The van der Waals surface area contributed by atoms with Crippen LogP contribution < -0.4 is 26.8 Å². The molecule has 1 saturated heterocycles. The van der Waals surface area contributed by atoms with Crippen LogP contribution in [0, 0.1) is 5.41 Å². The van der Waals surface area contributed by atoms with Gasteiger partial charge in [0, 0.05) is 42.5 Å². The van der Waals surface area contributed by atoms with E-state index in [9.17, 15) is 18.4 Å². The number of nitrogens with zero attached hydrogens (tertiary/aromatic N) is 2. The van der Waals surface area contributed by atoms with E-state index in [2.05, 4.69) is 25.3 Å². The average Bonchev–Trinajstić information content (AvgIpc) is 2.94. The summed E-state index contributed by atoms with van der Waals surface area (Å²) in [6, 6.07) is 3.90. The summed E-state index contributed by atoms with van der Waals surface area (Å²) >= 11 is 6.14. The number of ketones is 1. The number of carbonyl (C=O) groups is 2. The Balaban J connectivity index is 1.87. The molecular weight excluding hydrogens is 568 g/mol. The number of hydrogen-bond acceptors (Lipinski definition) is 8. The molecule has 13 heteroatoms. The summed E-state index contributed by atoms with van der Waals surface area (Å²) < 4.78 is 30.9. The van der Waals surface area contributed by atoms with E-state index in [1.54, 1.807) is 31.4 Å². The SMILES string of the molecule is CC(=O)CCCCN1CCC(N=CC(NC(=O)/C(C(=N)N)=C2\C=CC=CN2)=C(N)c2cc(Cl)ccc2OC(F)F)CC1. The topological polar surface area (TPSA) is 159 Å². The summed E-state index contributed by atoms with van der Waals surface area (Å²) in [4.78, 5) is 31.5. The molecule has 1 amide bonds. The molecule has 42 heavy (non-hydrogen) atoms. The Morgan fingerprint density at radius 3 is 2.62 bits per heavy atom. The third-order valence-corrected chi connectivity index (χ3v) is 6.92. The summed E-state index contributed by atoms with van der Waals surface area (Å²) in [5.74, 6) is -1.30. The van der Waals surface area contributed by atoms with Crippen molar-refractivity contribution in [2.24, 2.45) is 16.5 Å². The first-order valence-corrected chi connectivity index (χ1v) is 13.9. The number of nitrogens with two attached hydrogens (primary N) is 2. The molecule has 0 atom stereocenters. The van der Waals surface area contributed by atoms with Crippen LogP contribution in [0.5, 0.6) is 5.75 Å². The van der Waals surface area contributed by atoms with Gasteiger partial charge in [-0.25, -0.2) is 0 Å². The summed E-state index contributed by atoms with van der Waals surface area (Å²) in [5.41, 5.74) is 12.2. The molecular formula is C29H36ClF2N7O3. The van der Waals surface area contributed by atoms with Crippen molar-refractivity contribution in [2.75, 3.05) is 19.6 Å². The lowest BCUT2D eigenvalue weighted by molar-refractivity contribution is -0.117. The maximum atomic E-state index is 13.4. The maximum absolute atomic E-state index is 13.4. The second kappa shape index (κ2) is 15.8. The highest BCUT2D eigenvalue weighted by atomic mass is 35.5. The highest BCUT2D eigenvalue weighted by Crippen LogP contribution is 2.29. The van der Waals surface area contributed by atoms with Crippen molar-refractivity contribution in [2.45, 2.75) is 51.7 Å². The van der Waals surface area contributed by atoms with Crippen molar-refractivity contribution in [1.29, 1.82) is 5.41 Å². The maximum Gasteiger partial charge on any atom is 0.387 e. The fourth-order valence-electron chi connectivity index (χ4n) is 4.53. The molecule has 0 saturated carbocycles. The smallest absolute Gasteiger partial charge is 0.387 e. The number of ether oxygens (including phenoxy) is 1. The first-order chi connectivity index (χ1) is 20.0. The van der Waals surface area contributed by atoms with Crippen molar-refractivity contribution in [1.82, 2.24) is 15.5 Å². The van der Waals surface area contributed by atoms with Crippen LogP contribution in [-0.2, 0) is 9.59 Å². The molecule has 10 nitrogen and oxygen atoms in total. The number of rotatable bonds is 13. The molecule has 1 aromatic carbocycles. The Morgan fingerprint density at radius 1 is 1.26 bits per heavy atom. The van der Waals surface area contributed by atoms with E-state index in [4.69, 9.17) is 28.5 Å². The summed E-state index contributed by atoms with van der Waals surface area (Å²) in [5, 5.41) is 13.7. The van der Waals surface area contributed by atoms with Crippen molar-refractivity contribution >= 4 is 41.0 Å². The number of carbonyl (C=O) groups excluding carboxylic acids is 2. The predicted molar refractivity (Wildman–Crippen MR) is 160 cm³/mol. The summed E-state index contributed by atoms with van der Waals surface area (Å²) in [6.45, 7) is 1.01. The number of piperidine rings is 1. The van der Waals surface area contributed by atoms with E-state index in [1.807, 2.05) is 0 Å². The lowest BCUT2D eigenvalue weighted by Gasteiger charge is -2.30. The number of unbranched alkanes of at least 4 members (excludes halogenated alkanes) is 1. The van der Waals surface area contributed by atoms with Crippen molar-refractivity contribution in [3.05, 3.63) is 70.2 Å². The Kier molecular flexibility index (Phi) is 12.2. The van der Waals surface area contributed by atoms with Gasteiger partial charge in [-0.1, -0.05) is 17.7 Å². The zero-order chi connectivity index (χ0) is 30.6. The summed E-state index contributed by atoms with van der Waals surface area (Å²) in [6.07, 6.45) is 11.8. The molecule has 2 aliphatic heterocycles. The second-order valence-corrected chi connectivity index (χ2v) is 10.3. The number of hydrogen-bond donors (Lipinski definition) is 5. The number of nitrogens with one attached hydrogen (secondary N) is 3. The van der Waals surface area contributed by atoms with E-state index < -0.39 is 18.4 Å². The molecule has 7 N–H and O–H groups in total. The third-order valence-electron chi connectivity index (χ3n) is 6.69. The molecule has 2 heterocycles. The third kappa shape index (κ3) is 9.81. The molecule has 0 unspecified atom stereocenters. The molecule has 0 aromatic heterocycles. The van der Waals surface area contributed by atoms with Gasteiger partial charge in [-0.2, -0.15) is 8.78 Å². The molecule has 0 bridgehead atoms. The minimum absolute atomic E-state index is 0.00252. The lowest BCUT2D eigenvalue weighted by atomic mass is 10.0. The number of allylic oxidation sites excluding steroid dienone is 4. The molecule has 0 spiro atoms.